The maximum atomic E-state index is 12.3. The molecule has 1 fully saturated rings. The molecule has 0 spiro atoms. The molecule has 0 bridgehead atoms. The number of carbonyl (C=O) groups is 2. The van der Waals surface area contributed by atoms with Gasteiger partial charge < -0.3 is 14.8 Å². The van der Waals surface area contributed by atoms with Crippen molar-refractivity contribution in [3.63, 3.8) is 0 Å². The summed E-state index contributed by atoms with van der Waals surface area (Å²) in [5, 5.41) is 5.15. The summed E-state index contributed by atoms with van der Waals surface area (Å²) in [6, 6.07) is 1.72. The number of hydrogen-bond donors (Lipinski definition) is 1. The van der Waals surface area contributed by atoms with E-state index in [-0.39, 0.29) is 36.6 Å². The monoisotopic (exact) mass is 422 g/mol. The number of fused-ring (bicyclic) bond motifs is 1. The van der Waals surface area contributed by atoms with Crippen LogP contribution in [-0.2, 0) is 25.6 Å². The van der Waals surface area contributed by atoms with Gasteiger partial charge in [0.15, 0.2) is 6.61 Å². The molecular formula is C19H26N4O5S. The van der Waals surface area contributed by atoms with Gasteiger partial charge in [0.2, 0.25) is 0 Å². The molecule has 2 aromatic heterocycles. The second kappa shape index (κ2) is 9.47. The summed E-state index contributed by atoms with van der Waals surface area (Å²) >= 11 is 1.39. The molecular weight excluding hydrogens is 396 g/mol. The highest BCUT2D eigenvalue weighted by Crippen LogP contribution is 2.15. The standard InChI is InChI=1S/C19H26N4O5S/c1-19(2,23-6-8-27-9-7-23)12-20-15(24)11-28-16(25)3-5-22-13-21-17-14(18(22)26)4-10-29-17/h4,10,13H,3,5-9,11-12H2,1-2H3,(H,20,24). The molecule has 0 aliphatic carbocycles. The van der Waals surface area contributed by atoms with E-state index in [0.717, 1.165) is 13.1 Å². The summed E-state index contributed by atoms with van der Waals surface area (Å²) in [5.41, 5.74) is -0.398. The molecule has 3 heterocycles. The van der Waals surface area contributed by atoms with Crippen molar-refractivity contribution in [3.05, 3.63) is 28.1 Å². The predicted molar refractivity (Wildman–Crippen MR) is 109 cm³/mol. The molecule has 1 saturated heterocycles. The Bertz CT molecular complexity index is 917. The first kappa shape index (κ1) is 21.4. The zero-order chi connectivity index (χ0) is 20.9. The highest BCUT2D eigenvalue weighted by Gasteiger charge is 2.28. The Hall–Kier alpha value is -2.30. The predicted octanol–water partition coefficient (Wildman–Crippen LogP) is 0.618. The Kier molecular flexibility index (Phi) is 6.99. The number of aromatic nitrogens is 2. The number of rotatable bonds is 8. The molecule has 0 unspecified atom stereocenters. The second-order valence-corrected chi connectivity index (χ2v) is 8.38. The van der Waals surface area contributed by atoms with E-state index in [0.29, 0.717) is 30.0 Å². The number of nitrogens with one attached hydrogen (secondary N) is 1. The molecule has 1 aliphatic rings. The van der Waals surface area contributed by atoms with Gasteiger partial charge in [0.25, 0.3) is 11.5 Å². The van der Waals surface area contributed by atoms with Gasteiger partial charge in [-0.05, 0) is 25.3 Å². The molecule has 10 heteroatoms. The number of aryl methyl sites for hydroxylation is 1. The minimum Gasteiger partial charge on any atom is -0.456 e. The molecule has 1 aliphatic heterocycles. The lowest BCUT2D eigenvalue weighted by Gasteiger charge is -2.40. The van der Waals surface area contributed by atoms with Crippen LogP contribution in [0, 0.1) is 0 Å². The van der Waals surface area contributed by atoms with Crippen LogP contribution in [0.4, 0.5) is 0 Å². The van der Waals surface area contributed by atoms with Gasteiger partial charge in [-0.25, -0.2) is 4.98 Å². The van der Waals surface area contributed by atoms with Crippen molar-refractivity contribution in [1.82, 2.24) is 19.8 Å². The average Bonchev–Trinajstić information content (AvgIpc) is 3.21. The minimum absolute atomic E-state index is 0.0101. The van der Waals surface area contributed by atoms with E-state index in [9.17, 15) is 14.4 Å². The summed E-state index contributed by atoms with van der Waals surface area (Å²) in [6.45, 7) is 7.40. The molecule has 2 aromatic rings. The normalized spacial score (nSPS) is 15.4. The molecule has 0 aromatic carbocycles. The lowest BCUT2D eigenvalue weighted by Crippen LogP contribution is -2.55. The lowest BCUT2D eigenvalue weighted by molar-refractivity contribution is -0.148. The van der Waals surface area contributed by atoms with Crippen LogP contribution < -0.4 is 10.9 Å². The number of thiophene rings is 1. The lowest BCUT2D eigenvalue weighted by atomic mass is 10.0. The summed E-state index contributed by atoms with van der Waals surface area (Å²) < 4.78 is 11.8. The van der Waals surface area contributed by atoms with Gasteiger partial charge >= 0.3 is 5.97 Å². The Labute approximate surface area is 172 Å². The van der Waals surface area contributed by atoms with E-state index in [1.165, 1.54) is 22.2 Å². The van der Waals surface area contributed by atoms with E-state index in [4.69, 9.17) is 9.47 Å². The van der Waals surface area contributed by atoms with Crippen molar-refractivity contribution in [1.29, 1.82) is 0 Å². The van der Waals surface area contributed by atoms with Gasteiger partial charge in [0.1, 0.15) is 4.83 Å². The highest BCUT2D eigenvalue weighted by molar-refractivity contribution is 7.16. The number of esters is 1. The Morgan fingerprint density at radius 1 is 1.34 bits per heavy atom. The quantitative estimate of drug-likeness (QED) is 0.622. The smallest absolute Gasteiger partial charge is 0.308 e. The van der Waals surface area contributed by atoms with Gasteiger partial charge in [-0.2, -0.15) is 0 Å². The molecule has 0 radical (unpaired) electrons. The fourth-order valence-electron chi connectivity index (χ4n) is 3.13. The number of carbonyl (C=O) groups excluding carboxylic acids is 2. The third-order valence-electron chi connectivity index (χ3n) is 4.96. The van der Waals surface area contributed by atoms with Crippen LogP contribution in [-0.4, -0.2) is 71.3 Å². The summed E-state index contributed by atoms with van der Waals surface area (Å²) in [4.78, 5) is 43.4. The van der Waals surface area contributed by atoms with Gasteiger partial charge in [-0.15, -0.1) is 11.3 Å². The van der Waals surface area contributed by atoms with Crippen LogP contribution in [0.5, 0.6) is 0 Å². The first-order chi connectivity index (χ1) is 13.9. The molecule has 0 atom stereocenters. The van der Waals surface area contributed by atoms with Crippen LogP contribution in [0.25, 0.3) is 10.2 Å². The number of ether oxygens (including phenoxy) is 2. The van der Waals surface area contributed by atoms with Crippen LogP contribution in [0.3, 0.4) is 0 Å². The first-order valence-electron chi connectivity index (χ1n) is 9.54. The summed E-state index contributed by atoms with van der Waals surface area (Å²) in [5.74, 6) is -0.886. The van der Waals surface area contributed by atoms with Crippen molar-refractivity contribution < 1.29 is 19.1 Å². The fraction of sp³-hybridized carbons (Fsp3) is 0.579. The largest absolute Gasteiger partial charge is 0.456 e. The fourth-order valence-corrected chi connectivity index (χ4v) is 3.85. The molecule has 0 saturated carbocycles. The molecule has 1 N–H and O–H groups in total. The van der Waals surface area contributed by atoms with Crippen molar-refractivity contribution in [2.45, 2.75) is 32.4 Å². The van der Waals surface area contributed by atoms with E-state index < -0.39 is 5.97 Å². The SMILES string of the molecule is CC(C)(CNC(=O)COC(=O)CCn1cnc2sccc2c1=O)N1CCOCC1. The minimum atomic E-state index is -0.537. The van der Waals surface area contributed by atoms with E-state index in [2.05, 4.69) is 29.0 Å². The Balaban J connectivity index is 1.40. The van der Waals surface area contributed by atoms with Crippen molar-refractivity contribution >= 4 is 33.4 Å². The second-order valence-electron chi connectivity index (χ2n) is 7.48. The highest BCUT2D eigenvalue weighted by atomic mass is 32.1. The van der Waals surface area contributed by atoms with Crippen LogP contribution >= 0.6 is 11.3 Å². The number of amides is 1. The van der Waals surface area contributed by atoms with Crippen molar-refractivity contribution in [3.8, 4) is 0 Å². The van der Waals surface area contributed by atoms with E-state index in [1.54, 1.807) is 11.4 Å². The molecule has 29 heavy (non-hydrogen) atoms. The van der Waals surface area contributed by atoms with Crippen LogP contribution in [0.2, 0.25) is 0 Å². The van der Waals surface area contributed by atoms with Gasteiger partial charge in [-0.3, -0.25) is 23.9 Å². The third kappa shape index (κ3) is 5.62. The van der Waals surface area contributed by atoms with E-state index >= 15 is 0 Å². The molecule has 3 rings (SSSR count). The maximum Gasteiger partial charge on any atom is 0.308 e. The maximum absolute atomic E-state index is 12.3. The first-order valence-corrected chi connectivity index (χ1v) is 10.4. The van der Waals surface area contributed by atoms with Gasteiger partial charge in [0.05, 0.1) is 31.3 Å². The number of hydrogen-bond acceptors (Lipinski definition) is 8. The number of nitrogens with zero attached hydrogens (tertiary/aromatic N) is 3. The van der Waals surface area contributed by atoms with E-state index in [1.807, 2.05) is 0 Å². The van der Waals surface area contributed by atoms with Crippen molar-refractivity contribution in [2.75, 3.05) is 39.5 Å². The van der Waals surface area contributed by atoms with Crippen LogP contribution in [0.1, 0.15) is 20.3 Å². The summed E-state index contributed by atoms with van der Waals surface area (Å²) in [6.07, 6.45) is 1.42. The molecule has 9 nitrogen and oxygen atoms in total. The molecule has 158 valence electrons. The van der Waals surface area contributed by atoms with Crippen LogP contribution in [0.15, 0.2) is 22.6 Å². The topological polar surface area (TPSA) is 103 Å². The zero-order valence-corrected chi connectivity index (χ0v) is 17.5. The third-order valence-corrected chi connectivity index (χ3v) is 5.78. The zero-order valence-electron chi connectivity index (χ0n) is 16.7. The average molecular weight is 423 g/mol. The Morgan fingerprint density at radius 2 is 2.10 bits per heavy atom. The van der Waals surface area contributed by atoms with Gasteiger partial charge in [-0.1, -0.05) is 0 Å². The summed E-state index contributed by atoms with van der Waals surface area (Å²) in [7, 11) is 0. The molecule has 1 amide bonds. The van der Waals surface area contributed by atoms with Crippen molar-refractivity contribution in [2.24, 2.45) is 0 Å². The number of morpholine rings is 1. The van der Waals surface area contributed by atoms with Gasteiger partial charge in [0, 0.05) is 31.7 Å². The Morgan fingerprint density at radius 3 is 2.86 bits per heavy atom.